The van der Waals surface area contributed by atoms with Crippen molar-refractivity contribution in [2.24, 2.45) is 5.73 Å². The van der Waals surface area contributed by atoms with E-state index in [0.717, 1.165) is 52.0 Å². The maximum absolute atomic E-state index is 10.3. The van der Waals surface area contributed by atoms with Crippen LogP contribution in [-0.2, 0) is 0 Å². The second kappa shape index (κ2) is 41.5. The lowest BCUT2D eigenvalue weighted by atomic mass is 10.1. The number of rotatable bonds is 40. The highest BCUT2D eigenvalue weighted by molar-refractivity contribution is 4.93. The van der Waals surface area contributed by atoms with Crippen molar-refractivity contribution < 1.29 is 10.2 Å². The van der Waals surface area contributed by atoms with Crippen LogP contribution < -0.4 is 5.73 Å². The summed E-state index contributed by atoms with van der Waals surface area (Å²) in [6.45, 7) is 12.8. The van der Waals surface area contributed by atoms with Gasteiger partial charge in [-0.2, -0.15) is 0 Å². The molecule has 0 fully saturated rings. The molecule has 0 aliphatic heterocycles. The molecule has 0 bridgehead atoms. The van der Waals surface area contributed by atoms with Crippen LogP contribution in [0.4, 0.5) is 0 Å². The van der Waals surface area contributed by atoms with Gasteiger partial charge in [0.2, 0.25) is 0 Å². The normalized spacial score (nSPS) is 13.8. The summed E-state index contributed by atoms with van der Waals surface area (Å²) in [6, 6.07) is 0. The predicted octanol–water partition coefficient (Wildman–Crippen LogP) is 11.7. The molecule has 0 aliphatic rings. The van der Waals surface area contributed by atoms with Crippen molar-refractivity contribution in [2.75, 3.05) is 45.8 Å². The van der Waals surface area contributed by atoms with Crippen LogP contribution in [-0.4, -0.2) is 78.0 Å². The molecule has 2 atom stereocenters. The predicted molar refractivity (Wildman–Crippen MR) is 228 cm³/mol. The Morgan fingerprint density at radius 3 is 1.08 bits per heavy atom. The summed E-state index contributed by atoms with van der Waals surface area (Å²) in [5.74, 6) is 0. The first-order valence-corrected chi connectivity index (χ1v) is 22.2. The minimum Gasteiger partial charge on any atom is -0.392 e. The van der Waals surface area contributed by atoms with Gasteiger partial charge in [-0.15, -0.1) is 0 Å². The van der Waals surface area contributed by atoms with Gasteiger partial charge in [0.05, 0.1) is 12.2 Å². The van der Waals surface area contributed by atoms with Gasteiger partial charge in [0.25, 0.3) is 0 Å². The molecule has 0 rings (SSSR count). The van der Waals surface area contributed by atoms with Crippen molar-refractivity contribution >= 4 is 0 Å². The summed E-state index contributed by atoms with van der Waals surface area (Å²) in [6.07, 6.45) is 50.1. The lowest BCUT2D eigenvalue weighted by Gasteiger charge is -2.25. The van der Waals surface area contributed by atoms with Crippen LogP contribution in [0.25, 0.3) is 0 Å². The summed E-state index contributed by atoms with van der Waals surface area (Å²) in [4.78, 5) is 4.95. The van der Waals surface area contributed by atoms with E-state index >= 15 is 0 Å². The summed E-state index contributed by atoms with van der Waals surface area (Å²) in [7, 11) is 0. The Hall–Kier alpha value is -1.24. The van der Waals surface area contributed by atoms with Crippen molar-refractivity contribution in [1.29, 1.82) is 0 Å². The van der Waals surface area contributed by atoms with E-state index in [2.05, 4.69) is 79.2 Å². The van der Waals surface area contributed by atoms with E-state index in [4.69, 9.17) is 5.73 Å². The maximum Gasteiger partial charge on any atom is 0.0789 e. The number of hydrogen-bond donors (Lipinski definition) is 3. The smallest absolute Gasteiger partial charge is 0.0789 e. The highest BCUT2D eigenvalue weighted by Gasteiger charge is 2.12. The van der Waals surface area contributed by atoms with E-state index in [1.807, 2.05) is 0 Å². The minimum absolute atomic E-state index is 0.218. The lowest BCUT2D eigenvalue weighted by molar-refractivity contribution is 0.106. The van der Waals surface area contributed by atoms with Gasteiger partial charge in [0, 0.05) is 19.6 Å². The van der Waals surface area contributed by atoms with Crippen molar-refractivity contribution in [2.45, 2.75) is 200 Å². The second-order valence-corrected chi connectivity index (χ2v) is 15.1. The summed E-state index contributed by atoms with van der Waals surface area (Å²) in [5, 5.41) is 20.6. The molecule has 4 N–H and O–H groups in total. The number of nitrogens with zero attached hydrogens (tertiary/aromatic N) is 2. The number of aliphatic hydroxyl groups excluding tert-OH is 2. The third-order valence-corrected chi connectivity index (χ3v) is 9.98. The molecule has 0 radical (unpaired) electrons. The third kappa shape index (κ3) is 38.3. The van der Waals surface area contributed by atoms with Gasteiger partial charge in [-0.25, -0.2) is 0 Å². The van der Waals surface area contributed by atoms with Crippen LogP contribution in [0.2, 0.25) is 0 Å². The number of nitrogens with two attached hydrogens (primary N) is 1. The van der Waals surface area contributed by atoms with Crippen molar-refractivity contribution in [3.63, 3.8) is 0 Å². The van der Waals surface area contributed by atoms with Gasteiger partial charge in [0.1, 0.15) is 0 Å². The summed E-state index contributed by atoms with van der Waals surface area (Å²) < 4.78 is 0. The van der Waals surface area contributed by atoms with Crippen LogP contribution in [0.3, 0.4) is 0 Å². The summed E-state index contributed by atoms with van der Waals surface area (Å²) >= 11 is 0. The zero-order chi connectivity index (χ0) is 37.3. The maximum atomic E-state index is 10.3. The van der Waals surface area contributed by atoms with Crippen molar-refractivity contribution in [3.8, 4) is 0 Å². The number of allylic oxidation sites excluding steroid dienone is 8. The molecule has 0 aliphatic carbocycles. The molecule has 0 saturated heterocycles. The first-order chi connectivity index (χ1) is 25.1. The van der Waals surface area contributed by atoms with E-state index < -0.39 is 6.10 Å². The van der Waals surface area contributed by atoms with E-state index in [1.165, 1.54) is 148 Å². The SMILES string of the molecule is CCCCC/C=C\C/C=C/CCCCCCCCN(CCCCCCN(CCCCC/C=C/C/C=C\CCCCC)CC(O)CC)CC(O)CN. The molecular weight excluding hydrogens is 627 g/mol. The van der Waals surface area contributed by atoms with Crippen LogP contribution in [0.5, 0.6) is 0 Å². The molecule has 0 spiro atoms. The van der Waals surface area contributed by atoms with Crippen LogP contribution in [0.15, 0.2) is 48.6 Å². The van der Waals surface area contributed by atoms with Gasteiger partial charge in [-0.05, 0) is 122 Å². The Balaban J connectivity index is 4.11. The molecule has 2 unspecified atom stereocenters. The standard InChI is InChI=1S/C46H89N3O2/c1-4-7-9-11-13-15-17-19-20-21-23-25-27-29-31-35-40-49(44-46(51)42-47)41-37-33-32-36-39-48(43-45(50)6-3)38-34-30-28-26-24-22-18-16-14-12-10-8-5-2/h13-16,19-20,22,24,45-46,50-51H,4-12,17-18,21,23,25-44,47H2,1-3H3/b15-13-,16-14-,20-19+,24-22+. The Morgan fingerprint density at radius 1 is 0.412 bits per heavy atom. The molecule has 0 amide bonds. The molecule has 51 heavy (non-hydrogen) atoms. The van der Waals surface area contributed by atoms with Gasteiger partial charge < -0.3 is 25.7 Å². The Labute approximate surface area is 319 Å². The third-order valence-electron chi connectivity index (χ3n) is 9.98. The van der Waals surface area contributed by atoms with Crippen molar-refractivity contribution in [1.82, 2.24) is 9.80 Å². The monoisotopic (exact) mass is 716 g/mol. The Morgan fingerprint density at radius 2 is 0.725 bits per heavy atom. The molecule has 5 heteroatoms. The molecule has 0 aromatic carbocycles. The first-order valence-electron chi connectivity index (χ1n) is 22.2. The highest BCUT2D eigenvalue weighted by atomic mass is 16.3. The van der Waals surface area contributed by atoms with E-state index in [-0.39, 0.29) is 6.10 Å². The zero-order valence-electron chi connectivity index (χ0n) is 34.5. The molecular formula is C46H89N3O2. The topological polar surface area (TPSA) is 73.0 Å². The fraction of sp³-hybridized carbons (Fsp3) is 0.826. The first kappa shape index (κ1) is 49.8. The molecule has 0 saturated carbocycles. The molecule has 300 valence electrons. The molecule has 0 heterocycles. The van der Waals surface area contributed by atoms with Gasteiger partial charge in [-0.3, -0.25) is 0 Å². The second-order valence-electron chi connectivity index (χ2n) is 15.1. The number of hydrogen-bond acceptors (Lipinski definition) is 5. The van der Waals surface area contributed by atoms with Gasteiger partial charge in [-0.1, -0.05) is 140 Å². The quantitative estimate of drug-likeness (QED) is 0.0435. The average molecular weight is 716 g/mol. The fourth-order valence-electron chi connectivity index (χ4n) is 6.53. The van der Waals surface area contributed by atoms with Crippen LogP contribution in [0, 0.1) is 0 Å². The van der Waals surface area contributed by atoms with Gasteiger partial charge >= 0.3 is 0 Å². The van der Waals surface area contributed by atoms with E-state index in [9.17, 15) is 10.2 Å². The highest BCUT2D eigenvalue weighted by Crippen LogP contribution is 2.12. The molecule has 0 aromatic rings. The zero-order valence-corrected chi connectivity index (χ0v) is 34.5. The fourth-order valence-corrected chi connectivity index (χ4v) is 6.53. The number of aliphatic hydroxyl groups is 2. The number of unbranched alkanes of at least 4 members (excludes halogenated alkanes) is 18. The lowest BCUT2D eigenvalue weighted by Crippen LogP contribution is -2.37. The van der Waals surface area contributed by atoms with E-state index in [0.29, 0.717) is 13.1 Å². The van der Waals surface area contributed by atoms with E-state index in [1.54, 1.807) is 0 Å². The minimum atomic E-state index is -0.425. The Kier molecular flexibility index (Phi) is 40.5. The molecule has 0 aromatic heterocycles. The largest absolute Gasteiger partial charge is 0.392 e. The van der Waals surface area contributed by atoms with Crippen LogP contribution in [0.1, 0.15) is 188 Å². The van der Waals surface area contributed by atoms with Crippen LogP contribution >= 0.6 is 0 Å². The van der Waals surface area contributed by atoms with Crippen molar-refractivity contribution in [3.05, 3.63) is 48.6 Å². The van der Waals surface area contributed by atoms with Gasteiger partial charge in [0.15, 0.2) is 0 Å². The molecule has 5 nitrogen and oxygen atoms in total. The average Bonchev–Trinajstić information content (AvgIpc) is 3.14. The Bertz CT molecular complexity index is 795. The summed E-state index contributed by atoms with van der Waals surface area (Å²) in [5.41, 5.74) is 5.76.